The van der Waals surface area contributed by atoms with Crippen LogP contribution < -0.4 is 10.1 Å². The minimum absolute atomic E-state index is 0.438. The van der Waals surface area contributed by atoms with Crippen molar-refractivity contribution in [2.24, 2.45) is 11.8 Å². The average molecular weight is 340 g/mol. The summed E-state index contributed by atoms with van der Waals surface area (Å²) in [6.45, 7) is 8.40. The van der Waals surface area contributed by atoms with E-state index in [1.165, 1.54) is 24.8 Å². The molecule has 2 rings (SSSR count). The molecule has 1 fully saturated rings. The number of hydrogen-bond acceptors (Lipinski definition) is 2. The van der Waals surface area contributed by atoms with E-state index in [1.807, 2.05) is 6.92 Å². The maximum Gasteiger partial charge on any atom is 0.120 e. The van der Waals surface area contributed by atoms with Crippen LogP contribution in [0.2, 0.25) is 0 Å². The summed E-state index contributed by atoms with van der Waals surface area (Å²) in [5.41, 5.74) is 1.36. The standard InChI is InChI=1S/C17H26BrNO/c1-4-10-19-17(12(3)13-6-7-13)15-9-8-14(20-5-2)11-16(15)18/h8-9,11-13,17,19H,4-7,10H2,1-3H3. The Morgan fingerprint density at radius 3 is 2.65 bits per heavy atom. The highest BCUT2D eigenvalue weighted by Crippen LogP contribution is 2.44. The number of hydrogen-bond donors (Lipinski definition) is 1. The molecule has 0 radical (unpaired) electrons. The molecular weight excluding hydrogens is 314 g/mol. The van der Waals surface area contributed by atoms with Gasteiger partial charge in [-0.2, -0.15) is 0 Å². The van der Waals surface area contributed by atoms with Gasteiger partial charge in [0.2, 0.25) is 0 Å². The molecule has 1 aromatic rings. The molecule has 2 unspecified atom stereocenters. The number of nitrogens with one attached hydrogen (secondary N) is 1. The maximum atomic E-state index is 5.57. The van der Waals surface area contributed by atoms with Crippen LogP contribution in [0.25, 0.3) is 0 Å². The topological polar surface area (TPSA) is 21.3 Å². The third-order valence-corrected chi connectivity index (χ3v) is 4.81. The lowest BCUT2D eigenvalue weighted by Crippen LogP contribution is -2.29. The fourth-order valence-corrected chi connectivity index (χ4v) is 3.39. The zero-order valence-corrected chi connectivity index (χ0v) is 14.4. The van der Waals surface area contributed by atoms with E-state index in [-0.39, 0.29) is 0 Å². The molecule has 1 N–H and O–H groups in total. The molecule has 2 nitrogen and oxygen atoms in total. The lowest BCUT2D eigenvalue weighted by atomic mass is 9.90. The third kappa shape index (κ3) is 3.98. The van der Waals surface area contributed by atoms with Crippen molar-refractivity contribution < 1.29 is 4.74 Å². The highest BCUT2D eigenvalue weighted by atomic mass is 79.9. The lowest BCUT2D eigenvalue weighted by molar-refractivity contribution is 0.336. The van der Waals surface area contributed by atoms with Crippen LogP contribution in [0.3, 0.4) is 0 Å². The molecule has 0 aromatic heterocycles. The van der Waals surface area contributed by atoms with Crippen molar-refractivity contribution in [3.8, 4) is 5.75 Å². The first-order valence-electron chi connectivity index (χ1n) is 7.83. The molecule has 0 aliphatic heterocycles. The van der Waals surface area contributed by atoms with Gasteiger partial charge >= 0.3 is 0 Å². The summed E-state index contributed by atoms with van der Waals surface area (Å²) < 4.78 is 6.73. The Hall–Kier alpha value is -0.540. The fraction of sp³-hybridized carbons (Fsp3) is 0.647. The van der Waals surface area contributed by atoms with E-state index in [4.69, 9.17) is 4.74 Å². The predicted octanol–water partition coefficient (Wildman–Crippen LogP) is 4.93. The van der Waals surface area contributed by atoms with E-state index in [0.29, 0.717) is 18.6 Å². The Labute approximate surface area is 131 Å². The zero-order valence-electron chi connectivity index (χ0n) is 12.8. The molecule has 1 aliphatic carbocycles. The van der Waals surface area contributed by atoms with Crippen molar-refractivity contribution in [3.05, 3.63) is 28.2 Å². The summed E-state index contributed by atoms with van der Waals surface area (Å²) in [4.78, 5) is 0. The molecule has 1 aromatic carbocycles. The Balaban J connectivity index is 2.18. The van der Waals surface area contributed by atoms with E-state index in [1.54, 1.807) is 0 Å². The molecule has 1 saturated carbocycles. The molecule has 20 heavy (non-hydrogen) atoms. The first-order chi connectivity index (χ1) is 9.67. The van der Waals surface area contributed by atoms with Gasteiger partial charge in [0.1, 0.15) is 5.75 Å². The molecule has 2 atom stereocenters. The van der Waals surface area contributed by atoms with Crippen molar-refractivity contribution in [1.29, 1.82) is 0 Å². The predicted molar refractivity (Wildman–Crippen MR) is 88.2 cm³/mol. The minimum atomic E-state index is 0.438. The van der Waals surface area contributed by atoms with E-state index in [9.17, 15) is 0 Å². The van der Waals surface area contributed by atoms with E-state index in [0.717, 1.165) is 22.7 Å². The fourth-order valence-electron chi connectivity index (χ4n) is 2.79. The van der Waals surface area contributed by atoms with Crippen LogP contribution in [0.4, 0.5) is 0 Å². The zero-order chi connectivity index (χ0) is 14.5. The van der Waals surface area contributed by atoms with Gasteiger partial charge in [0.25, 0.3) is 0 Å². The van der Waals surface area contributed by atoms with Crippen LogP contribution in [0, 0.1) is 11.8 Å². The Kier molecular flexibility index (Phi) is 5.91. The molecule has 0 saturated heterocycles. The lowest BCUT2D eigenvalue weighted by Gasteiger charge is -2.27. The molecule has 3 heteroatoms. The van der Waals surface area contributed by atoms with Crippen molar-refractivity contribution in [3.63, 3.8) is 0 Å². The number of ether oxygens (including phenoxy) is 1. The Morgan fingerprint density at radius 2 is 2.10 bits per heavy atom. The largest absolute Gasteiger partial charge is 0.494 e. The second-order valence-corrected chi connectivity index (χ2v) is 6.60. The monoisotopic (exact) mass is 339 g/mol. The molecule has 0 amide bonds. The molecule has 1 aliphatic rings. The van der Waals surface area contributed by atoms with Gasteiger partial charge in [0.05, 0.1) is 6.61 Å². The van der Waals surface area contributed by atoms with Crippen molar-refractivity contribution in [2.45, 2.75) is 46.1 Å². The highest BCUT2D eigenvalue weighted by molar-refractivity contribution is 9.10. The molecule has 0 bridgehead atoms. The second-order valence-electron chi connectivity index (χ2n) is 5.74. The van der Waals surface area contributed by atoms with Crippen molar-refractivity contribution in [2.75, 3.05) is 13.2 Å². The molecular formula is C17H26BrNO. The summed E-state index contributed by atoms with van der Waals surface area (Å²) in [6.07, 6.45) is 3.95. The number of rotatable bonds is 8. The normalized spacial score (nSPS) is 17.8. The highest BCUT2D eigenvalue weighted by Gasteiger charge is 2.34. The van der Waals surface area contributed by atoms with Crippen molar-refractivity contribution in [1.82, 2.24) is 5.32 Å². The second kappa shape index (κ2) is 7.46. The summed E-state index contributed by atoms with van der Waals surface area (Å²) >= 11 is 3.73. The van der Waals surface area contributed by atoms with Gasteiger partial charge in [-0.15, -0.1) is 0 Å². The average Bonchev–Trinajstić information content (AvgIpc) is 3.25. The van der Waals surface area contributed by atoms with Crippen molar-refractivity contribution >= 4 is 15.9 Å². The summed E-state index contributed by atoms with van der Waals surface area (Å²) in [6, 6.07) is 6.83. The van der Waals surface area contributed by atoms with Gasteiger partial charge in [-0.3, -0.25) is 0 Å². The van der Waals surface area contributed by atoms with Crippen LogP contribution >= 0.6 is 15.9 Å². The Morgan fingerprint density at radius 1 is 1.35 bits per heavy atom. The summed E-state index contributed by atoms with van der Waals surface area (Å²) in [7, 11) is 0. The third-order valence-electron chi connectivity index (χ3n) is 4.12. The number of halogens is 1. The number of benzene rings is 1. The maximum absolute atomic E-state index is 5.57. The van der Waals surface area contributed by atoms with Crippen LogP contribution in [0.15, 0.2) is 22.7 Å². The SMILES string of the molecule is CCCNC(c1ccc(OCC)cc1Br)C(C)C1CC1. The molecule has 0 spiro atoms. The van der Waals surface area contributed by atoms with Crippen LogP contribution in [-0.2, 0) is 0 Å². The Bertz CT molecular complexity index is 431. The van der Waals surface area contributed by atoms with Gasteiger partial charge in [-0.1, -0.05) is 35.8 Å². The first kappa shape index (κ1) is 15.8. The van der Waals surface area contributed by atoms with Crippen LogP contribution in [-0.4, -0.2) is 13.2 Å². The van der Waals surface area contributed by atoms with E-state index >= 15 is 0 Å². The summed E-state index contributed by atoms with van der Waals surface area (Å²) in [5, 5.41) is 3.73. The van der Waals surface area contributed by atoms with Gasteiger partial charge in [0.15, 0.2) is 0 Å². The molecule has 0 heterocycles. The molecule has 112 valence electrons. The van der Waals surface area contributed by atoms with Gasteiger partial charge in [-0.05, 0) is 62.3 Å². The van der Waals surface area contributed by atoms with Gasteiger partial charge in [-0.25, -0.2) is 0 Å². The minimum Gasteiger partial charge on any atom is -0.494 e. The van der Waals surface area contributed by atoms with E-state index in [2.05, 4.69) is 53.3 Å². The summed E-state index contributed by atoms with van der Waals surface area (Å²) in [5.74, 6) is 2.52. The first-order valence-corrected chi connectivity index (χ1v) is 8.62. The van der Waals surface area contributed by atoms with Crippen LogP contribution in [0.1, 0.15) is 51.6 Å². The van der Waals surface area contributed by atoms with Gasteiger partial charge in [0, 0.05) is 10.5 Å². The van der Waals surface area contributed by atoms with E-state index < -0.39 is 0 Å². The quantitative estimate of drug-likeness (QED) is 0.724. The smallest absolute Gasteiger partial charge is 0.120 e. The van der Waals surface area contributed by atoms with Crippen LogP contribution in [0.5, 0.6) is 5.75 Å². The van der Waals surface area contributed by atoms with Gasteiger partial charge < -0.3 is 10.1 Å².